The van der Waals surface area contributed by atoms with E-state index in [0.717, 1.165) is 21.4 Å². The Kier molecular flexibility index (Phi) is 5.52. The van der Waals surface area contributed by atoms with Crippen LogP contribution in [0.3, 0.4) is 0 Å². The van der Waals surface area contributed by atoms with Crippen molar-refractivity contribution in [3.63, 3.8) is 0 Å². The molecule has 0 aliphatic rings. The van der Waals surface area contributed by atoms with Crippen LogP contribution in [-0.4, -0.2) is 28.0 Å². The fourth-order valence-electron chi connectivity index (χ4n) is 2.31. The molecule has 1 aromatic carbocycles. The summed E-state index contributed by atoms with van der Waals surface area (Å²) in [5.41, 5.74) is 8.25. The highest BCUT2D eigenvalue weighted by Gasteiger charge is 2.12. The van der Waals surface area contributed by atoms with E-state index in [1.165, 1.54) is 4.68 Å². The maximum Gasteiger partial charge on any atom is 0.221 e. The van der Waals surface area contributed by atoms with E-state index in [0.29, 0.717) is 24.1 Å². The van der Waals surface area contributed by atoms with Crippen molar-refractivity contribution in [2.24, 2.45) is 5.10 Å². The molecule has 8 heteroatoms. The number of hydrogen-bond donors (Lipinski definition) is 1. The molecule has 0 saturated heterocycles. The molecule has 0 aliphatic heterocycles. The Labute approximate surface area is 159 Å². The first-order chi connectivity index (χ1) is 12.6. The lowest BCUT2D eigenvalue weighted by Crippen LogP contribution is -2.01. The Morgan fingerprint density at radius 3 is 2.85 bits per heavy atom. The van der Waals surface area contributed by atoms with Gasteiger partial charge in [-0.1, -0.05) is 6.07 Å². The van der Waals surface area contributed by atoms with Gasteiger partial charge in [-0.3, -0.25) is 4.98 Å². The van der Waals surface area contributed by atoms with E-state index < -0.39 is 0 Å². The van der Waals surface area contributed by atoms with Gasteiger partial charge in [-0.2, -0.15) is 5.10 Å². The van der Waals surface area contributed by atoms with Crippen molar-refractivity contribution in [2.45, 2.75) is 13.5 Å². The van der Waals surface area contributed by atoms with Crippen LogP contribution >= 0.6 is 15.9 Å². The van der Waals surface area contributed by atoms with Crippen LogP contribution in [0, 0.1) is 6.92 Å². The summed E-state index contributed by atoms with van der Waals surface area (Å²) in [6.07, 6.45) is 5.16. The largest absolute Gasteiger partial charge is 0.493 e. The highest BCUT2D eigenvalue weighted by atomic mass is 79.9. The molecule has 3 aromatic rings. The van der Waals surface area contributed by atoms with Gasteiger partial charge in [0.2, 0.25) is 5.95 Å². The average Bonchev–Trinajstić information content (AvgIpc) is 2.96. The molecule has 2 aromatic heterocycles. The summed E-state index contributed by atoms with van der Waals surface area (Å²) in [4.78, 5) is 8.36. The monoisotopic (exact) mass is 415 g/mol. The molecule has 0 bridgehead atoms. The lowest BCUT2D eigenvalue weighted by Gasteiger charge is -2.13. The number of nitrogen functional groups attached to an aromatic ring is 1. The molecule has 0 radical (unpaired) electrons. The zero-order valence-corrected chi connectivity index (χ0v) is 16.0. The third-order valence-corrected chi connectivity index (χ3v) is 4.10. The minimum absolute atomic E-state index is 0.333. The number of ether oxygens (including phenoxy) is 2. The predicted molar refractivity (Wildman–Crippen MR) is 104 cm³/mol. The highest BCUT2D eigenvalue weighted by molar-refractivity contribution is 9.10. The van der Waals surface area contributed by atoms with Gasteiger partial charge in [0.15, 0.2) is 11.5 Å². The smallest absolute Gasteiger partial charge is 0.221 e. The Morgan fingerprint density at radius 2 is 2.19 bits per heavy atom. The van der Waals surface area contributed by atoms with Crippen molar-refractivity contribution in [2.75, 3.05) is 12.8 Å². The summed E-state index contributed by atoms with van der Waals surface area (Å²) in [6.45, 7) is 2.20. The van der Waals surface area contributed by atoms with Crippen LogP contribution in [0.5, 0.6) is 11.5 Å². The summed E-state index contributed by atoms with van der Waals surface area (Å²) in [5, 5.41) is 4.31. The molecule has 0 fully saturated rings. The Bertz CT molecular complexity index is 925. The van der Waals surface area contributed by atoms with Gasteiger partial charge in [0, 0.05) is 6.20 Å². The Hall–Kier alpha value is -2.87. The zero-order chi connectivity index (χ0) is 18.5. The zero-order valence-electron chi connectivity index (χ0n) is 14.4. The average molecular weight is 416 g/mol. The Morgan fingerprint density at radius 1 is 1.35 bits per heavy atom. The molecule has 2 N–H and O–H groups in total. The van der Waals surface area contributed by atoms with Gasteiger partial charge in [0.25, 0.3) is 0 Å². The molecule has 2 heterocycles. The van der Waals surface area contributed by atoms with E-state index in [1.54, 1.807) is 25.7 Å². The van der Waals surface area contributed by atoms with E-state index in [-0.39, 0.29) is 0 Å². The molecule has 0 amide bonds. The number of rotatable bonds is 6. The van der Waals surface area contributed by atoms with E-state index in [9.17, 15) is 0 Å². The SMILES string of the molecule is COc1cc(C=Nn2cc(C)nc2N)cc(Br)c1OCc1ccccn1. The molecule has 3 rings (SSSR count). The molecule has 26 heavy (non-hydrogen) atoms. The van der Waals surface area contributed by atoms with Gasteiger partial charge >= 0.3 is 0 Å². The topological polar surface area (TPSA) is 87.5 Å². The molecule has 134 valence electrons. The second-order valence-corrected chi connectivity index (χ2v) is 6.33. The van der Waals surface area contributed by atoms with Crippen LogP contribution in [0.25, 0.3) is 0 Å². The quantitative estimate of drug-likeness (QED) is 0.623. The van der Waals surface area contributed by atoms with Crippen molar-refractivity contribution in [1.29, 1.82) is 0 Å². The molecular weight excluding hydrogens is 398 g/mol. The molecule has 0 unspecified atom stereocenters. The Balaban J connectivity index is 1.81. The maximum atomic E-state index is 5.87. The molecule has 0 aliphatic carbocycles. The first kappa shape index (κ1) is 17.9. The van der Waals surface area contributed by atoms with Crippen LogP contribution in [0.15, 0.2) is 52.3 Å². The lowest BCUT2D eigenvalue weighted by atomic mass is 10.2. The van der Waals surface area contributed by atoms with Crippen molar-refractivity contribution >= 4 is 28.1 Å². The normalized spacial score (nSPS) is 11.0. The first-order valence-corrected chi connectivity index (χ1v) is 8.62. The number of aryl methyl sites for hydroxylation is 1. The summed E-state index contributed by atoms with van der Waals surface area (Å²) in [7, 11) is 1.59. The number of imidazole rings is 1. The van der Waals surface area contributed by atoms with Crippen LogP contribution in [0.2, 0.25) is 0 Å². The van der Waals surface area contributed by atoms with E-state index >= 15 is 0 Å². The molecule has 0 spiro atoms. The van der Waals surface area contributed by atoms with Crippen molar-refractivity contribution < 1.29 is 9.47 Å². The minimum atomic E-state index is 0.333. The van der Waals surface area contributed by atoms with E-state index in [4.69, 9.17) is 15.2 Å². The first-order valence-electron chi connectivity index (χ1n) is 7.83. The highest BCUT2D eigenvalue weighted by Crippen LogP contribution is 2.36. The number of anilines is 1. The predicted octanol–water partition coefficient (Wildman–Crippen LogP) is 3.40. The minimum Gasteiger partial charge on any atom is -0.493 e. The molecule has 0 saturated carbocycles. The second kappa shape index (κ2) is 8.01. The van der Waals surface area contributed by atoms with Gasteiger partial charge in [-0.25, -0.2) is 9.66 Å². The standard InChI is InChI=1S/C18H18BrN5O2/c1-12-10-24(18(20)23-12)22-9-13-7-15(19)17(16(8-13)25-2)26-11-14-5-3-4-6-21-14/h3-10H,11H2,1-2H3,(H2,20,23). The van der Waals surface area contributed by atoms with Gasteiger partial charge in [0.1, 0.15) is 6.61 Å². The molecule has 7 nitrogen and oxygen atoms in total. The van der Waals surface area contributed by atoms with Crippen molar-refractivity contribution in [1.82, 2.24) is 14.6 Å². The number of hydrogen-bond acceptors (Lipinski definition) is 6. The van der Waals surface area contributed by atoms with Gasteiger partial charge in [-0.05, 0) is 52.7 Å². The second-order valence-electron chi connectivity index (χ2n) is 5.47. The van der Waals surface area contributed by atoms with Crippen molar-refractivity contribution in [3.05, 3.63) is 64.1 Å². The number of halogens is 1. The summed E-state index contributed by atoms with van der Waals surface area (Å²) < 4.78 is 13.6. The summed E-state index contributed by atoms with van der Waals surface area (Å²) >= 11 is 3.53. The third kappa shape index (κ3) is 4.20. The number of aromatic nitrogens is 3. The molecular formula is C18H18BrN5O2. The van der Waals surface area contributed by atoms with Gasteiger partial charge in [0.05, 0.1) is 35.4 Å². The maximum absolute atomic E-state index is 5.87. The number of nitrogens with two attached hydrogens (primary N) is 1. The third-order valence-electron chi connectivity index (χ3n) is 3.51. The fraction of sp³-hybridized carbons (Fsp3) is 0.167. The van der Waals surface area contributed by atoms with Crippen LogP contribution < -0.4 is 15.2 Å². The van der Waals surface area contributed by atoms with Crippen molar-refractivity contribution in [3.8, 4) is 11.5 Å². The van der Waals surface area contributed by atoms with Crippen LogP contribution in [0.4, 0.5) is 5.95 Å². The fourth-order valence-corrected chi connectivity index (χ4v) is 2.88. The number of benzene rings is 1. The van der Waals surface area contributed by atoms with E-state index in [1.807, 2.05) is 37.3 Å². The number of pyridine rings is 1. The van der Waals surface area contributed by atoms with Crippen LogP contribution in [-0.2, 0) is 6.61 Å². The molecule has 0 atom stereocenters. The summed E-state index contributed by atoms with van der Waals surface area (Å²) in [5.74, 6) is 1.53. The van der Waals surface area contributed by atoms with Gasteiger partial charge in [-0.15, -0.1) is 0 Å². The number of nitrogens with zero attached hydrogens (tertiary/aromatic N) is 4. The summed E-state index contributed by atoms with van der Waals surface area (Å²) in [6, 6.07) is 9.41. The number of methoxy groups -OCH3 is 1. The van der Waals surface area contributed by atoms with Crippen LogP contribution in [0.1, 0.15) is 17.0 Å². The van der Waals surface area contributed by atoms with E-state index in [2.05, 4.69) is 31.0 Å². The van der Waals surface area contributed by atoms with Gasteiger partial charge < -0.3 is 15.2 Å². The lowest BCUT2D eigenvalue weighted by molar-refractivity contribution is 0.279.